The minimum absolute atomic E-state index is 0.0854. The highest BCUT2D eigenvalue weighted by Crippen LogP contribution is 2.16. The summed E-state index contributed by atoms with van der Waals surface area (Å²) in [4.78, 5) is 10.1. The maximum absolute atomic E-state index is 13.1. The molecule has 0 spiro atoms. The maximum Gasteiger partial charge on any atom is 0.314 e. The van der Waals surface area contributed by atoms with Crippen LogP contribution < -0.4 is 9.30 Å². The quantitative estimate of drug-likeness (QED) is 0.457. The second kappa shape index (κ2) is 5.05. The molecule has 0 aliphatic carbocycles. The van der Waals surface area contributed by atoms with Crippen molar-refractivity contribution in [3.63, 3.8) is 0 Å². The van der Waals surface area contributed by atoms with E-state index >= 15 is 0 Å². The van der Waals surface area contributed by atoms with Crippen LogP contribution in [0, 0.1) is 6.08 Å². The van der Waals surface area contributed by atoms with Gasteiger partial charge in [-0.25, -0.2) is 9.55 Å². The summed E-state index contributed by atoms with van der Waals surface area (Å²) in [5, 5.41) is 0.0854. The molecule has 3 aromatic rings. The van der Waals surface area contributed by atoms with E-state index < -0.39 is 6.08 Å². The van der Waals surface area contributed by atoms with Crippen molar-refractivity contribution in [2.75, 3.05) is 7.11 Å². The van der Waals surface area contributed by atoms with Crippen molar-refractivity contribution in [1.29, 1.82) is 0 Å². The predicted molar refractivity (Wildman–Crippen MR) is 71.1 cm³/mol. The molecular weight excluding hydrogens is 283 g/mol. The molecule has 7 heteroatoms. The molecule has 1 N–H and O–H groups in total. The fourth-order valence-corrected chi connectivity index (χ4v) is 2.28. The molecule has 3 rings (SSSR count). The molecule has 0 amide bonds. The number of aromatic amines is 1. The Labute approximate surface area is 119 Å². The van der Waals surface area contributed by atoms with Gasteiger partial charge in [0, 0.05) is 0 Å². The van der Waals surface area contributed by atoms with Crippen LogP contribution >= 0.6 is 11.6 Å². The van der Waals surface area contributed by atoms with Gasteiger partial charge in [0.2, 0.25) is 11.8 Å². The number of nitrogens with zero attached hydrogens (tertiary/aromatic N) is 3. The monoisotopic (exact) mass is 293 g/mol. The molecule has 0 aliphatic rings. The minimum atomic E-state index is -0.846. The third-order valence-corrected chi connectivity index (χ3v) is 3.23. The zero-order valence-corrected chi connectivity index (χ0v) is 11.4. The number of H-pyrrole nitrogens is 1. The number of halogens is 2. The van der Waals surface area contributed by atoms with Crippen molar-refractivity contribution >= 4 is 22.8 Å². The number of benzene rings is 1. The van der Waals surface area contributed by atoms with Crippen LogP contribution in [0.4, 0.5) is 4.39 Å². The number of rotatable bonds is 3. The summed E-state index contributed by atoms with van der Waals surface area (Å²) in [7, 11) is 1.62. The highest BCUT2D eigenvalue weighted by Gasteiger charge is 2.18. The van der Waals surface area contributed by atoms with E-state index in [1.54, 1.807) is 13.4 Å². The van der Waals surface area contributed by atoms with E-state index in [0.29, 0.717) is 17.7 Å². The first kappa shape index (κ1) is 12.8. The van der Waals surface area contributed by atoms with Gasteiger partial charge in [-0.05, 0) is 17.7 Å². The smallest absolute Gasteiger partial charge is 0.314 e. The Balaban J connectivity index is 1.98. The lowest BCUT2D eigenvalue weighted by molar-refractivity contribution is -0.662. The van der Waals surface area contributed by atoms with Gasteiger partial charge in [0.1, 0.15) is 12.3 Å². The molecule has 0 aliphatic heterocycles. The highest BCUT2D eigenvalue weighted by molar-refractivity contribution is 6.33. The number of methoxy groups -OCH3 is 1. The molecule has 0 radical (unpaired) electrons. The Morgan fingerprint density at radius 2 is 2.05 bits per heavy atom. The topological polar surface area (TPSA) is 54.7 Å². The van der Waals surface area contributed by atoms with Crippen molar-refractivity contribution in [3.8, 4) is 5.75 Å². The maximum atomic E-state index is 13.1. The van der Waals surface area contributed by atoms with Gasteiger partial charge in [-0.3, -0.25) is 0 Å². The van der Waals surface area contributed by atoms with Crippen LogP contribution in [0.5, 0.6) is 5.75 Å². The van der Waals surface area contributed by atoms with E-state index in [1.807, 2.05) is 28.8 Å². The standard InChI is InChI=1S/C13H10ClFN4O/c1-20-9-4-2-8(3-5-9)6-19-7-16-12-10(19)11(14)17-13(15)18-12/h2-5,7H,6H2,1H3/p+1. The number of aromatic nitrogens is 4. The summed E-state index contributed by atoms with van der Waals surface area (Å²) < 4.78 is 20.0. The normalized spacial score (nSPS) is 10.9. The third-order valence-electron chi connectivity index (χ3n) is 2.97. The van der Waals surface area contributed by atoms with Gasteiger partial charge in [0.15, 0.2) is 5.15 Å². The first-order valence-electron chi connectivity index (χ1n) is 5.90. The van der Waals surface area contributed by atoms with E-state index in [4.69, 9.17) is 16.3 Å². The summed E-state index contributed by atoms with van der Waals surface area (Å²) in [6.45, 7) is 0.568. The van der Waals surface area contributed by atoms with E-state index in [9.17, 15) is 4.39 Å². The molecule has 0 unspecified atom stereocenters. The lowest BCUT2D eigenvalue weighted by Crippen LogP contribution is -2.32. The molecule has 102 valence electrons. The Morgan fingerprint density at radius 1 is 1.30 bits per heavy atom. The van der Waals surface area contributed by atoms with Gasteiger partial charge in [-0.1, -0.05) is 23.7 Å². The molecule has 1 aromatic carbocycles. The molecule has 2 aromatic heterocycles. The van der Waals surface area contributed by atoms with Gasteiger partial charge >= 0.3 is 6.08 Å². The summed E-state index contributed by atoms with van der Waals surface area (Å²) in [6.07, 6.45) is 0.843. The number of ether oxygens (including phenoxy) is 1. The van der Waals surface area contributed by atoms with Crippen LogP contribution in [0.15, 0.2) is 30.6 Å². The lowest BCUT2D eigenvalue weighted by Gasteiger charge is -2.02. The molecular formula is C13H11ClFN4O+. The van der Waals surface area contributed by atoms with Gasteiger partial charge in [-0.15, -0.1) is 0 Å². The average Bonchev–Trinajstić information content (AvgIpc) is 2.82. The van der Waals surface area contributed by atoms with E-state index in [0.717, 1.165) is 11.3 Å². The molecule has 5 nitrogen and oxygen atoms in total. The Hall–Kier alpha value is -2.21. The second-order valence-electron chi connectivity index (χ2n) is 4.23. The first-order chi connectivity index (χ1) is 9.67. The number of hydrogen-bond acceptors (Lipinski definition) is 3. The van der Waals surface area contributed by atoms with Crippen molar-refractivity contribution < 1.29 is 13.7 Å². The van der Waals surface area contributed by atoms with Gasteiger partial charge in [0.05, 0.1) is 7.11 Å². The fraction of sp³-hybridized carbons (Fsp3) is 0.154. The van der Waals surface area contributed by atoms with Gasteiger partial charge in [-0.2, -0.15) is 14.4 Å². The molecule has 20 heavy (non-hydrogen) atoms. The van der Waals surface area contributed by atoms with Gasteiger partial charge < -0.3 is 4.74 Å². The Morgan fingerprint density at radius 3 is 2.75 bits per heavy atom. The summed E-state index contributed by atoms with van der Waals surface area (Å²) >= 11 is 5.97. The SMILES string of the molecule is COc1ccc(C[n+]2c[nH]c3nc(F)nc(Cl)c32)cc1. The molecule has 2 heterocycles. The third kappa shape index (κ3) is 2.30. The van der Waals surface area contributed by atoms with Crippen LogP contribution in [-0.4, -0.2) is 22.1 Å². The lowest BCUT2D eigenvalue weighted by atomic mass is 10.2. The van der Waals surface area contributed by atoms with E-state index in [1.165, 1.54) is 0 Å². The minimum Gasteiger partial charge on any atom is -0.497 e. The second-order valence-corrected chi connectivity index (χ2v) is 4.59. The van der Waals surface area contributed by atoms with E-state index in [2.05, 4.69) is 15.0 Å². The number of imidazole rings is 1. The largest absolute Gasteiger partial charge is 0.497 e. The van der Waals surface area contributed by atoms with Crippen molar-refractivity contribution in [2.45, 2.75) is 6.54 Å². The fourth-order valence-electron chi connectivity index (χ4n) is 2.01. The zero-order valence-electron chi connectivity index (χ0n) is 10.6. The first-order valence-corrected chi connectivity index (χ1v) is 6.27. The van der Waals surface area contributed by atoms with Crippen molar-refractivity contribution in [2.24, 2.45) is 0 Å². The zero-order chi connectivity index (χ0) is 14.1. The van der Waals surface area contributed by atoms with Crippen LogP contribution in [0.25, 0.3) is 11.2 Å². The van der Waals surface area contributed by atoms with Crippen LogP contribution in [-0.2, 0) is 6.54 Å². The van der Waals surface area contributed by atoms with Crippen LogP contribution in [0.3, 0.4) is 0 Å². The van der Waals surface area contributed by atoms with Crippen molar-refractivity contribution in [3.05, 3.63) is 47.4 Å². The molecule has 0 saturated heterocycles. The van der Waals surface area contributed by atoms with Crippen LogP contribution in [0.1, 0.15) is 5.56 Å². The number of nitrogens with one attached hydrogen (secondary N) is 1. The average molecular weight is 294 g/mol. The number of hydrogen-bond donors (Lipinski definition) is 1. The molecule has 0 atom stereocenters. The summed E-state index contributed by atoms with van der Waals surface area (Å²) in [5.74, 6) is 0.793. The molecule has 0 fully saturated rings. The Bertz CT molecular complexity index is 757. The Kier molecular flexibility index (Phi) is 3.23. The highest BCUT2D eigenvalue weighted by atomic mass is 35.5. The van der Waals surface area contributed by atoms with Crippen molar-refractivity contribution in [1.82, 2.24) is 15.0 Å². The predicted octanol–water partition coefficient (Wildman–Crippen LogP) is 2.09. The summed E-state index contributed by atoms with van der Waals surface area (Å²) in [5.41, 5.74) is 2.00. The van der Waals surface area contributed by atoms with E-state index in [-0.39, 0.29) is 5.15 Å². The van der Waals surface area contributed by atoms with Gasteiger partial charge in [0.25, 0.3) is 5.65 Å². The molecule has 0 saturated carbocycles. The number of fused-ring (bicyclic) bond motifs is 1. The molecule has 0 bridgehead atoms. The summed E-state index contributed by atoms with van der Waals surface area (Å²) in [6, 6.07) is 7.65. The van der Waals surface area contributed by atoms with Crippen LogP contribution in [0.2, 0.25) is 5.15 Å².